The molecule has 4 rings (SSSR count). The maximum atomic E-state index is 13.2. The molecular weight excluding hydrogens is 368 g/mol. The summed E-state index contributed by atoms with van der Waals surface area (Å²) in [5, 5.41) is 4.12. The first-order valence-corrected chi connectivity index (χ1v) is 9.54. The summed E-state index contributed by atoms with van der Waals surface area (Å²) in [4.78, 5) is 35.4. The number of morpholine rings is 1. The lowest BCUT2D eigenvalue weighted by Gasteiger charge is -2.27. The van der Waals surface area contributed by atoms with Gasteiger partial charge in [-0.25, -0.2) is 9.97 Å². The smallest absolute Gasteiger partial charge is 0.257 e. The highest BCUT2D eigenvalue weighted by molar-refractivity contribution is 6.07. The van der Waals surface area contributed by atoms with E-state index in [0.29, 0.717) is 48.8 Å². The fourth-order valence-electron chi connectivity index (χ4n) is 3.34. The standard InChI is InChI=1S/C22H22N4O3/c1-14-3-8-18-20(25-17-6-4-16(5-7-17)15(2)27)19(13-23-21(18)24-14)22(28)26-9-11-29-12-10-26/h3-8,13H,9-12H2,1-2H3,(H,23,24,25). The largest absolute Gasteiger partial charge is 0.378 e. The van der Waals surface area contributed by atoms with Crippen LogP contribution in [0.3, 0.4) is 0 Å². The van der Waals surface area contributed by atoms with Gasteiger partial charge in [-0.3, -0.25) is 9.59 Å². The Labute approximate surface area is 168 Å². The van der Waals surface area contributed by atoms with Crippen LogP contribution in [0.5, 0.6) is 0 Å². The molecule has 0 saturated carbocycles. The molecule has 0 bridgehead atoms. The van der Waals surface area contributed by atoms with E-state index in [1.54, 1.807) is 23.2 Å². The second-order valence-corrected chi connectivity index (χ2v) is 7.03. The van der Waals surface area contributed by atoms with E-state index in [4.69, 9.17) is 4.74 Å². The average molecular weight is 390 g/mol. The van der Waals surface area contributed by atoms with Gasteiger partial charge in [0.25, 0.3) is 5.91 Å². The maximum Gasteiger partial charge on any atom is 0.257 e. The number of anilines is 2. The molecule has 3 aromatic rings. The van der Waals surface area contributed by atoms with Crippen LogP contribution in [-0.4, -0.2) is 52.9 Å². The number of aromatic nitrogens is 2. The molecule has 0 spiro atoms. The summed E-state index contributed by atoms with van der Waals surface area (Å²) >= 11 is 0. The van der Waals surface area contributed by atoms with Crippen LogP contribution in [0.15, 0.2) is 42.6 Å². The summed E-state index contributed by atoms with van der Waals surface area (Å²) in [6, 6.07) is 11.0. The molecule has 0 aliphatic carbocycles. The molecule has 148 valence electrons. The monoisotopic (exact) mass is 390 g/mol. The molecule has 1 N–H and O–H groups in total. The molecule has 1 aromatic carbocycles. The van der Waals surface area contributed by atoms with Crippen LogP contribution in [0.2, 0.25) is 0 Å². The zero-order valence-corrected chi connectivity index (χ0v) is 16.4. The minimum Gasteiger partial charge on any atom is -0.378 e. The number of benzene rings is 1. The fourth-order valence-corrected chi connectivity index (χ4v) is 3.34. The van der Waals surface area contributed by atoms with Gasteiger partial charge in [0.05, 0.1) is 24.5 Å². The highest BCUT2D eigenvalue weighted by atomic mass is 16.5. The number of ketones is 1. The highest BCUT2D eigenvalue weighted by Gasteiger charge is 2.23. The second kappa shape index (κ2) is 7.97. The van der Waals surface area contributed by atoms with Crippen LogP contribution in [0.4, 0.5) is 11.4 Å². The molecule has 1 aliphatic rings. The number of hydrogen-bond donors (Lipinski definition) is 1. The van der Waals surface area contributed by atoms with E-state index in [-0.39, 0.29) is 11.7 Å². The lowest BCUT2D eigenvalue weighted by atomic mass is 10.1. The van der Waals surface area contributed by atoms with Gasteiger partial charge in [-0.2, -0.15) is 0 Å². The second-order valence-electron chi connectivity index (χ2n) is 7.03. The fraction of sp³-hybridized carbons (Fsp3) is 0.273. The number of amides is 1. The van der Waals surface area contributed by atoms with Crippen molar-refractivity contribution in [3.05, 3.63) is 59.4 Å². The number of nitrogens with one attached hydrogen (secondary N) is 1. The molecule has 0 unspecified atom stereocenters. The Kier molecular flexibility index (Phi) is 5.22. The predicted octanol–water partition coefficient (Wildman–Crippen LogP) is 3.36. The molecule has 1 amide bonds. The van der Waals surface area contributed by atoms with Crippen LogP contribution in [0.25, 0.3) is 11.0 Å². The molecular formula is C22H22N4O3. The Morgan fingerprint density at radius 1 is 1.07 bits per heavy atom. The molecule has 0 atom stereocenters. The molecule has 7 heteroatoms. The van der Waals surface area contributed by atoms with Crippen molar-refractivity contribution in [2.75, 3.05) is 31.6 Å². The van der Waals surface area contributed by atoms with Crippen LogP contribution < -0.4 is 5.32 Å². The highest BCUT2D eigenvalue weighted by Crippen LogP contribution is 2.30. The third-order valence-electron chi connectivity index (χ3n) is 4.96. The van der Waals surface area contributed by atoms with Crippen LogP contribution >= 0.6 is 0 Å². The maximum absolute atomic E-state index is 13.2. The van der Waals surface area contributed by atoms with Gasteiger partial charge >= 0.3 is 0 Å². The molecule has 0 radical (unpaired) electrons. The lowest BCUT2D eigenvalue weighted by molar-refractivity contribution is 0.0303. The van der Waals surface area contributed by atoms with Crippen LogP contribution in [0.1, 0.15) is 33.3 Å². The van der Waals surface area contributed by atoms with E-state index in [1.165, 1.54) is 6.92 Å². The zero-order valence-electron chi connectivity index (χ0n) is 16.4. The SMILES string of the molecule is CC(=O)c1ccc(Nc2c(C(=O)N3CCOCC3)cnc3nc(C)ccc23)cc1. The summed E-state index contributed by atoms with van der Waals surface area (Å²) in [5.74, 6) is -0.0834. The average Bonchev–Trinajstić information content (AvgIpc) is 2.74. The minimum atomic E-state index is -0.0915. The van der Waals surface area contributed by atoms with Gasteiger partial charge in [-0.15, -0.1) is 0 Å². The van der Waals surface area contributed by atoms with Crippen molar-refractivity contribution in [1.82, 2.24) is 14.9 Å². The number of pyridine rings is 2. The molecule has 29 heavy (non-hydrogen) atoms. The Bertz CT molecular complexity index is 1070. The Morgan fingerprint density at radius 3 is 2.48 bits per heavy atom. The number of carbonyl (C=O) groups excluding carboxylic acids is 2. The molecule has 1 fully saturated rings. The molecule has 3 heterocycles. The number of carbonyl (C=O) groups is 2. The summed E-state index contributed by atoms with van der Waals surface area (Å²) in [6.07, 6.45) is 1.58. The van der Waals surface area contributed by atoms with E-state index in [1.807, 2.05) is 31.2 Å². The van der Waals surface area contributed by atoms with Gasteiger partial charge < -0.3 is 15.0 Å². The predicted molar refractivity (Wildman–Crippen MR) is 111 cm³/mol. The Morgan fingerprint density at radius 2 is 1.79 bits per heavy atom. The van der Waals surface area contributed by atoms with Gasteiger partial charge in [0.2, 0.25) is 0 Å². The molecule has 2 aromatic heterocycles. The lowest BCUT2D eigenvalue weighted by Crippen LogP contribution is -2.41. The number of fused-ring (bicyclic) bond motifs is 1. The van der Waals surface area contributed by atoms with E-state index in [9.17, 15) is 9.59 Å². The Hall–Kier alpha value is -3.32. The van der Waals surface area contributed by atoms with Crippen molar-refractivity contribution in [1.29, 1.82) is 0 Å². The zero-order chi connectivity index (χ0) is 20.4. The summed E-state index contributed by atoms with van der Waals surface area (Å²) in [6.45, 7) is 5.60. The van der Waals surface area contributed by atoms with Crippen molar-refractivity contribution in [2.45, 2.75) is 13.8 Å². The van der Waals surface area contributed by atoms with Gasteiger partial charge in [-0.1, -0.05) is 0 Å². The number of ether oxygens (including phenoxy) is 1. The van der Waals surface area contributed by atoms with Crippen molar-refractivity contribution >= 4 is 34.1 Å². The van der Waals surface area contributed by atoms with Crippen molar-refractivity contribution in [2.24, 2.45) is 0 Å². The van der Waals surface area contributed by atoms with Crippen molar-refractivity contribution in [3.63, 3.8) is 0 Å². The first kappa shape index (κ1) is 19.0. The van der Waals surface area contributed by atoms with Crippen LogP contribution in [-0.2, 0) is 4.74 Å². The van der Waals surface area contributed by atoms with Gasteiger partial charge in [0.15, 0.2) is 11.4 Å². The number of nitrogens with zero attached hydrogens (tertiary/aromatic N) is 3. The third-order valence-corrected chi connectivity index (χ3v) is 4.96. The summed E-state index contributed by atoms with van der Waals surface area (Å²) in [5.41, 5.74) is 3.99. The minimum absolute atomic E-state index is 0.00812. The quantitative estimate of drug-likeness (QED) is 0.688. The van der Waals surface area contributed by atoms with Gasteiger partial charge in [-0.05, 0) is 50.2 Å². The van der Waals surface area contributed by atoms with Gasteiger partial charge in [0, 0.05) is 41.6 Å². The summed E-state index contributed by atoms with van der Waals surface area (Å²) in [7, 11) is 0. The molecule has 7 nitrogen and oxygen atoms in total. The first-order valence-electron chi connectivity index (χ1n) is 9.54. The topological polar surface area (TPSA) is 84.4 Å². The van der Waals surface area contributed by atoms with E-state index < -0.39 is 0 Å². The summed E-state index contributed by atoms with van der Waals surface area (Å²) < 4.78 is 5.36. The number of Topliss-reactive ketones (excluding diaryl/α,β-unsaturated/α-hetero) is 1. The Balaban J connectivity index is 1.77. The van der Waals surface area contributed by atoms with E-state index in [2.05, 4.69) is 15.3 Å². The van der Waals surface area contributed by atoms with Crippen molar-refractivity contribution in [3.8, 4) is 0 Å². The number of aryl methyl sites for hydroxylation is 1. The third kappa shape index (κ3) is 3.95. The van der Waals surface area contributed by atoms with E-state index >= 15 is 0 Å². The first-order chi connectivity index (χ1) is 14.0. The molecule has 1 aliphatic heterocycles. The van der Waals surface area contributed by atoms with Crippen LogP contribution in [0, 0.1) is 6.92 Å². The van der Waals surface area contributed by atoms with Gasteiger partial charge in [0.1, 0.15) is 0 Å². The normalized spacial score (nSPS) is 14.1. The molecule has 1 saturated heterocycles. The van der Waals surface area contributed by atoms with Crippen molar-refractivity contribution < 1.29 is 14.3 Å². The number of hydrogen-bond acceptors (Lipinski definition) is 6. The number of rotatable bonds is 4. The van der Waals surface area contributed by atoms with E-state index in [0.717, 1.165) is 16.8 Å².